The predicted molar refractivity (Wildman–Crippen MR) is 81.6 cm³/mol. The van der Waals surface area contributed by atoms with Gasteiger partial charge in [-0.25, -0.2) is 8.42 Å². The molecule has 2 N–H and O–H groups in total. The highest BCUT2D eigenvalue weighted by Gasteiger charge is 2.40. The number of benzene rings is 1. The SMILES string of the molecule is CS(=O)(=O)Nc1cccc(C(=O)NC2CC3CCC2C3)c1. The van der Waals surface area contributed by atoms with Crippen molar-refractivity contribution in [3.63, 3.8) is 0 Å². The van der Waals surface area contributed by atoms with E-state index in [2.05, 4.69) is 10.0 Å². The topological polar surface area (TPSA) is 75.3 Å². The van der Waals surface area contributed by atoms with Gasteiger partial charge in [0.25, 0.3) is 5.91 Å². The van der Waals surface area contributed by atoms with Gasteiger partial charge in [-0.15, -0.1) is 0 Å². The minimum absolute atomic E-state index is 0.121. The lowest BCUT2D eigenvalue weighted by molar-refractivity contribution is 0.0923. The van der Waals surface area contributed by atoms with Gasteiger partial charge in [0, 0.05) is 17.3 Å². The summed E-state index contributed by atoms with van der Waals surface area (Å²) in [5.74, 6) is 1.28. The molecular weight excluding hydrogens is 288 g/mol. The van der Waals surface area contributed by atoms with Gasteiger partial charge in [0.1, 0.15) is 0 Å². The molecule has 2 aliphatic carbocycles. The smallest absolute Gasteiger partial charge is 0.251 e. The summed E-state index contributed by atoms with van der Waals surface area (Å²) in [5.41, 5.74) is 0.907. The number of hydrogen-bond acceptors (Lipinski definition) is 3. The number of sulfonamides is 1. The number of fused-ring (bicyclic) bond motifs is 2. The minimum Gasteiger partial charge on any atom is -0.349 e. The first-order valence-electron chi connectivity index (χ1n) is 7.29. The zero-order chi connectivity index (χ0) is 15.0. The third-order valence-electron chi connectivity index (χ3n) is 4.48. The second-order valence-corrected chi connectivity index (χ2v) is 7.96. The predicted octanol–water partition coefficient (Wildman–Crippen LogP) is 1.98. The Bertz CT molecular complexity index is 657. The lowest BCUT2D eigenvalue weighted by Crippen LogP contribution is -2.38. The number of amides is 1. The highest BCUT2D eigenvalue weighted by Crippen LogP contribution is 2.44. The fraction of sp³-hybridized carbons (Fsp3) is 0.533. The fourth-order valence-corrected chi connectivity index (χ4v) is 4.17. The Balaban J connectivity index is 1.68. The van der Waals surface area contributed by atoms with Crippen molar-refractivity contribution in [2.24, 2.45) is 11.8 Å². The molecule has 2 aliphatic rings. The summed E-state index contributed by atoms with van der Waals surface area (Å²) in [6.45, 7) is 0. The van der Waals surface area contributed by atoms with E-state index in [1.165, 1.54) is 19.3 Å². The zero-order valence-corrected chi connectivity index (χ0v) is 12.8. The van der Waals surface area contributed by atoms with Gasteiger partial charge in [0.05, 0.1) is 6.26 Å². The van der Waals surface area contributed by atoms with Crippen LogP contribution < -0.4 is 10.0 Å². The van der Waals surface area contributed by atoms with E-state index in [9.17, 15) is 13.2 Å². The molecule has 2 bridgehead atoms. The zero-order valence-electron chi connectivity index (χ0n) is 12.0. The molecule has 3 rings (SSSR count). The number of anilines is 1. The van der Waals surface area contributed by atoms with Crippen molar-refractivity contribution >= 4 is 21.6 Å². The molecule has 0 aromatic heterocycles. The van der Waals surface area contributed by atoms with E-state index in [-0.39, 0.29) is 11.9 Å². The lowest BCUT2D eigenvalue weighted by atomic mass is 9.95. The molecule has 2 saturated carbocycles. The molecular formula is C15H20N2O3S. The summed E-state index contributed by atoms with van der Waals surface area (Å²) in [6, 6.07) is 6.88. The molecule has 2 fully saturated rings. The first kappa shape index (κ1) is 14.4. The van der Waals surface area contributed by atoms with Gasteiger partial charge in [-0.2, -0.15) is 0 Å². The van der Waals surface area contributed by atoms with Crippen LogP contribution in [0.3, 0.4) is 0 Å². The molecule has 0 aliphatic heterocycles. The number of nitrogens with one attached hydrogen (secondary N) is 2. The summed E-state index contributed by atoms with van der Waals surface area (Å²) in [6.07, 6.45) is 5.92. The maximum atomic E-state index is 12.3. The van der Waals surface area contributed by atoms with Crippen LogP contribution in [-0.2, 0) is 10.0 Å². The molecule has 114 valence electrons. The second kappa shape index (κ2) is 5.33. The third-order valence-corrected chi connectivity index (χ3v) is 5.09. The van der Waals surface area contributed by atoms with E-state index < -0.39 is 10.0 Å². The molecule has 5 nitrogen and oxygen atoms in total. The number of rotatable bonds is 4. The van der Waals surface area contributed by atoms with Crippen molar-refractivity contribution in [3.05, 3.63) is 29.8 Å². The lowest BCUT2D eigenvalue weighted by Gasteiger charge is -2.23. The normalized spacial score (nSPS) is 27.6. The van der Waals surface area contributed by atoms with E-state index in [4.69, 9.17) is 0 Å². The molecule has 0 saturated heterocycles. The van der Waals surface area contributed by atoms with Gasteiger partial charge in [0.2, 0.25) is 10.0 Å². The largest absolute Gasteiger partial charge is 0.349 e. The third kappa shape index (κ3) is 3.37. The summed E-state index contributed by atoms with van der Waals surface area (Å²) in [7, 11) is -3.33. The maximum Gasteiger partial charge on any atom is 0.251 e. The summed E-state index contributed by atoms with van der Waals surface area (Å²) >= 11 is 0. The minimum atomic E-state index is -3.33. The highest BCUT2D eigenvalue weighted by atomic mass is 32.2. The molecule has 1 aromatic rings. The summed E-state index contributed by atoms with van der Waals surface area (Å²) in [4.78, 5) is 12.3. The van der Waals surface area contributed by atoms with Gasteiger partial charge < -0.3 is 5.32 Å². The molecule has 6 heteroatoms. The van der Waals surface area contributed by atoms with Crippen molar-refractivity contribution in [1.82, 2.24) is 5.32 Å². The average Bonchev–Trinajstić information content (AvgIpc) is 2.99. The molecule has 0 radical (unpaired) electrons. The molecule has 1 amide bonds. The molecule has 1 aromatic carbocycles. The Hall–Kier alpha value is -1.56. The monoisotopic (exact) mass is 308 g/mol. The summed E-state index contributed by atoms with van der Waals surface area (Å²) < 4.78 is 24.9. The van der Waals surface area contributed by atoms with Crippen molar-refractivity contribution in [2.45, 2.75) is 31.7 Å². The van der Waals surface area contributed by atoms with Gasteiger partial charge in [-0.05, 0) is 49.3 Å². The summed E-state index contributed by atoms with van der Waals surface area (Å²) in [5, 5.41) is 3.10. The van der Waals surface area contributed by atoms with Gasteiger partial charge in [0.15, 0.2) is 0 Å². The van der Waals surface area contributed by atoms with Gasteiger partial charge in [-0.3, -0.25) is 9.52 Å². The molecule has 21 heavy (non-hydrogen) atoms. The van der Waals surface area contributed by atoms with Crippen molar-refractivity contribution in [2.75, 3.05) is 11.0 Å². The van der Waals surface area contributed by atoms with E-state index in [1.54, 1.807) is 24.3 Å². The Morgan fingerprint density at radius 1 is 1.24 bits per heavy atom. The van der Waals surface area contributed by atoms with Crippen LogP contribution in [0.2, 0.25) is 0 Å². The van der Waals surface area contributed by atoms with Crippen LogP contribution in [0.1, 0.15) is 36.0 Å². The van der Waals surface area contributed by atoms with Gasteiger partial charge >= 0.3 is 0 Å². The number of carbonyl (C=O) groups is 1. The Kier molecular flexibility index (Phi) is 3.65. The van der Waals surface area contributed by atoms with Crippen LogP contribution in [0.15, 0.2) is 24.3 Å². The van der Waals surface area contributed by atoms with Crippen LogP contribution >= 0.6 is 0 Å². The molecule has 0 spiro atoms. The number of carbonyl (C=O) groups excluding carboxylic acids is 1. The standard InChI is InChI=1S/C15H20N2O3S/c1-21(19,20)17-13-4-2-3-12(9-13)15(18)16-14-8-10-5-6-11(14)7-10/h2-4,9-11,14,17H,5-8H2,1H3,(H,16,18). The van der Waals surface area contributed by atoms with Crippen LogP contribution in [0, 0.1) is 11.8 Å². The quantitative estimate of drug-likeness (QED) is 0.893. The van der Waals surface area contributed by atoms with Crippen molar-refractivity contribution < 1.29 is 13.2 Å². The molecule has 3 unspecified atom stereocenters. The van der Waals surface area contributed by atoms with E-state index in [0.717, 1.165) is 18.6 Å². The molecule has 3 atom stereocenters. The fourth-order valence-electron chi connectivity index (χ4n) is 3.61. The van der Waals surface area contributed by atoms with E-state index in [1.807, 2.05) is 0 Å². The second-order valence-electron chi connectivity index (χ2n) is 6.21. The van der Waals surface area contributed by atoms with Crippen LogP contribution in [0.5, 0.6) is 0 Å². The first-order chi connectivity index (χ1) is 9.90. The Morgan fingerprint density at radius 2 is 2.05 bits per heavy atom. The highest BCUT2D eigenvalue weighted by molar-refractivity contribution is 7.92. The van der Waals surface area contributed by atoms with Crippen molar-refractivity contribution in [3.8, 4) is 0 Å². The van der Waals surface area contributed by atoms with E-state index in [0.29, 0.717) is 17.2 Å². The van der Waals surface area contributed by atoms with Crippen LogP contribution in [0.4, 0.5) is 5.69 Å². The van der Waals surface area contributed by atoms with Gasteiger partial charge in [-0.1, -0.05) is 12.5 Å². The van der Waals surface area contributed by atoms with Crippen LogP contribution in [-0.4, -0.2) is 26.6 Å². The Morgan fingerprint density at radius 3 is 2.67 bits per heavy atom. The van der Waals surface area contributed by atoms with Crippen molar-refractivity contribution in [1.29, 1.82) is 0 Å². The van der Waals surface area contributed by atoms with E-state index >= 15 is 0 Å². The first-order valence-corrected chi connectivity index (χ1v) is 9.18. The molecule has 0 heterocycles. The maximum absolute atomic E-state index is 12.3. The number of hydrogen-bond donors (Lipinski definition) is 2. The van der Waals surface area contributed by atoms with Crippen LogP contribution in [0.25, 0.3) is 0 Å². The Labute approximate surface area is 125 Å². The average molecular weight is 308 g/mol.